The number of likely N-dealkylation sites (tertiary alicyclic amines) is 2. The molecule has 1 N–H and O–H groups in total. The molecule has 3 aromatic rings. The van der Waals surface area contributed by atoms with E-state index in [0.717, 1.165) is 76.3 Å². The van der Waals surface area contributed by atoms with Crippen molar-refractivity contribution in [3.8, 4) is 17.0 Å². The number of carbonyl (C=O) groups is 3. The standard InChI is InChI=1S/C40H50N6O6S/c1-42(2)37(49)45-22-38-15-16-39(38,23-45)21-44(20-38)36(48)40-19-31(40)30-18-27(52-5)12-14-28(30)34-33(25-9-7-6-8-10-25)29-13-11-26(17-32(29)46(34)24-40)35(47)41-53(50,51)43(3)4/h11-14,17-18,25,31H,6-10,15-16,19-24H2,1-5H3,(H,41,47)/t31-,38?,39?,40-/m0/s1. The third-order valence-corrected chi connectivity index (χ3v) is 15.4. The highest BCUT2D eigenvalue weighted by Gasteiger charge is 2.72. The molecule has 2 aromatic carbocycles. The number of nitrogens with zero attached hydrogens (tertiary/aromatic N) is 5. The summed E-state index contributed by atoms with van der Waals surface area (Å²) in [5, 5.41) is 1.06. The number of nitrogens with one attached hydrogen (secondary N) is 1. The molecular formula is C40H50N6O6S. The highest BCUT2D eigenvalue weighted by molar-refractivity contribution is 7.87. The van der Waals surface area contributed by atoms with Crippen molar-refractivity contribution in [3.05, 3.63) is 53.1 Å². The van der Waals surface area contributed by atoms with Crippen LogP contribution in [0.3, 0.4) is 0 Å². The summed E-state index contributed by atoms with van der Waals surface area (Å²) in [5.74, 6) is 0.581. The van der Waals surface area contributed by atoms with Crippen LogP contribution in [-0.2, 0) is 21.5 Å². The zero-order valence-electron chi connectivity index (χ0n) is 31.4. The van der Waals surface area contributed by atoms with Gasteiger partial charge in [0.2, 0.25) is 5.91 Å². The Balaban J connectivity index is 1.16. The lowest BCUT2D eigenvalue weighted by molar-refractivity contribution is -0.137. The second kappa shape index (κ2) is 11.7. The minimum absolute atomic E-state index is 0.00545. The summed E-state index contributed by atoms with van der Waals surface area (Å²) >= 11 is 0. The zero-order valence-corrected chi connectivity index (χ0v) is 32.2. The van der Waals surface area contributed by atoms with Crippen LogP contribution < -0.4 is 9.46 Å². The molecule has 0 radical (unpaired) electrons. The van der Waals surface area contributed by atoms with Crippen molar-refractivity contribution >= 4 is 39.0 Å². The molecule has 5 fully saturated rings. The maximum absolute atomic E-state index is 15.3. The van der Waals surface area contributed by atoms with Crippen molar-refractivity contribution < 1.29 is 27.5 Å². The molecule has 53 heavy (non-hydrogen) atoms. The van der Waals surface area contributed by atoms with E-state index in [1.54, 1.807) is 32.2 Å². The first-order valence-electron chi connectivity index (χ1n) is 19.1. The summed E-state index contributed by atoms with van der Waals surface area (Å²) < 4.78 is 36.6. The Bertz CT molecular complexity index is 2170. The van der Waals surface area contributed by atoms with Crippen molar-refractivity contribution in [1.82, 2.24) is 28.3 Å². The van der Waals surface area contributed by atoms with Gasteiger partial charge in [-0.3, -0.25) is 9.59 Å². The summed E-state index contributed by atoms with van der Waals surface area (Å²) in [4.78, 5) is 47.5. The van der Waals surface area contributed by atoms with Gasteiger partial charge in [0.05, 0.1) is 18.2 Å². The number of fused-ring (bicyclic) bond motifs is 7. The molecule has 3 aliphatic carbocycles. The second-order valence-corrected chi connectivity index (χ2v) is 19.1. The Morgan fingerprint density at radius 1 is 0.868 bits per heavy atom. The third-order valence-electron chi connectivity index (χ3n) is 14.0. The molecule has 282 valence electrons. The van der Waals surface area contributed by atoms with Gasteiger partial charge < -0.3 is 24.0 Å². The van der Waals surface area contributed by atoms with Crippen LogP contribution in [0.1, 0.15) is 84.7 Å². The van der Waals surface area contributed by atoms with Crippen LogP contribution in [0, 0.1) is 16.2 Å². The van der Waals surface area contributed by atoms with Gasteiger partial charge >= 0.3 is 16.2 Å². The topological polar surface area (TPSA) is 124 Å². The number of hydrogen-bond donors (Lipinski definition) is 1. The molecule has 0 bridgehead atoms. The quantitative estimate of drug-likeness (QED) is 0.380. The fourth-order valence-corrected chi connectivity index (χ4v) is 11.6. The van der Waals surface area contributed by atoms with Gasteiger partial charge in [0.15, 0.2) is 0 Å². The fourth-order valence-electron chi connectivity index (χ4n) is 11.1. The minimum Gasteiger partial charge on any atom is -0.497 e. The van der Waals surface area contributed by atoms with Crippen LogP contribution in [0.15, 0.2) is 36.4 Å². The summed E-state index contributed by atoms with van der Waals surface area (Å²) in [5.41, 5.74) is 4.91. The van der Waals surface area contributed by atoms with Crippen LogP contribution in [0.5, 0.6) is 5.75 Å². The molecule has 9 rings (SSSR count). The molecule has 3 aliphatic heterocycles. The van der Waals surface area contributed by atoms with Gasteiger partial charge in [-0.05, 0) is 79.5 Å². The molecule has 1 aromatic heterocycles. The minimum atomic E-state index is -4.00. The largest absolute Gasteiger partial charge is 0.497 e. The summed E-state index contributed by atoms with van der Waals surface area (Å²) in [7, 11) is 4.05. The van der Waals surface area contributed by atoms with Crippen molar-refractivity contribution in [3.63, 3.8) is 0 Å². The van der Waals surface area contributed by atoms with E-state index in [-0.39, 0.29) is 34.2 Å². The van der Waals surface area contributed by atoms with Gasteiger partial charge in [-0.2, -0.15) is 12.7 Å². The predicted octanol–water partition coefficient (Wildman–Crippen LogP) is 4.99. The first-order chi connectivity index (χ1) is 25.2. The monoisotopic (exact) mass is 742 g/mol. The molecule has 4 amide bonds. The molecule has 6 aliphatic rings. The number of hydrogen-bond acceptors (Lipinski definition) is 6. The number of carbonyl (C=O) groups excluding carboxylic acids is 3. The van der Waals surface area contributed by atoms with E-state index in [2.05, 4.69) is 26.3 Å². The SMILES string of the molecule is COc1ccc2c(c1)[C@@H]1C[C@]1(C(=O)N1CC34CCC3(CN(C(=O)N(C)C)C4)C1)Cn1c-2c(C2CCCCC2)c2ccc(C(=O)NS(=O)(=O)N(C)C)cc21. The van der Waals surface area contributed by atoms with Gasteiger partial charge in [0.25, 0.3) is 5.91 Å². The van der Waals surface area contributed by atoms with E-state index in [1.807, 2.05) is 23.1 Å². The number of benzene rings is 2. The normalized spacial score (nSPS) is 28.7. The van der Waals surface area contributed by atoms with E-state index in [9.17, 15) is 18.0 Å². The second-order valence-electron chi connectivity index (χ2n) is 17.3. The first-order valence-corrected chi connectivity index (χ1v) is 20.5. The number of ether oxygens (including phenoxy) is 1. The number of urea groups is 1. The summed E-state index contributed by atoms with van der Waals surface area (Å²) in [6.07, 6.45) is 8.41. The maximum atomic E-state index is 15.3. The van der Waals surface area contributed by atoms with E-state index in [4.69, 9.17) is 4.74 Å². The fraction of sp³-hybridized carbons (Fsp3) is 0.575. The number of rotatable bonds is 6. The maximum Gasteiger partial charge on any atom is 0.319 e. The van der Waals surface area contributed by atoms with Crippen LogP contribution in [0.4, 0.5) is 4.79 Å². The smallest absolute Gasteiger partial charge is 0.319 e. The first kappa shape index (κ1) is 34.7. The van der Waals surface area contributed by atoms with Crippen LogP contribution in [0.2, 0.25) is 0 Å². The highest BCUT2D eigenvalue weighted by atomic mass is 32.2. The van der Waals surface area contributed by atoms with E-state index in [0.29, 0.717) is 45.1 Å². The summed E-state index contributed by atoms with van der Waals surface area (Å²) in [6.45, 7) is 3.18. The van der Waals surface area contributed by atoms with Gasteiger partial charge in [-0.1, -0.05) is 25.3 Å². The van der Waals surface area contributed by atoms with E-state index in [1.165, 1.54) is 26.1 Å². The molecule has 4 heterocycles. The van der Waals surface area contributed by atoms with E-state index < -0.39 is 21.5 Å². The number of aromatic nitrogens is 1. The van der Waals surface area contributed by atoms with E-state index >= 15 is 4.79 Å². The highest BCUT2D eigenvalue weighted by Crippen LogP contribution is 2.69. The van der Waals surface area contributed by atoms with Crippen molar-refractivity contribution in [2.24, 2.45) is 16.2 Å². The molecular weight excluding hydrogens is 693 g/mol. The third kappa shape index (κ3) is 4.94. The Hall–Kier alpha value is -4.10. The van der Waals surface area contributed by atoms with Gasteiger partial charge in [-0.25, -0.2) is 9.52 Å². The molecule has 12 nitrogen and oxygen atoms in total. The molecule has 4 atom stereocenters. The molecule has 2 saturated heterocycles. The lowest BCUT2D eigenvalue weighted by Gasteiger charge is -2.48. The summed E-state index contributed by atoms with van der Waals surface area (Å²) in [6, 6.07) is 11.9. The molecule has 0 spiro atoms. The Morgan fingerprint density at radius 2 is 1.55 bits per heavy atom. The van der Waals surface area contributed by atoms with Crippen molar-refractivity contribution in [1.29, 1.82) is 0 Å². The molecule has 13 heteroatoms. The lowest BCUT2D eigenvalue weighted by Crippen LogP contribution is -2.49. The van der Waals surface area contributed by atoms with Crippen LogP contribution in [-0.4, -0.2) is 111 Å². The van der Waals surface area contributed by atoms with Crippen molar-refractivity contribution in [2.75, 3.05) is 61.5 Å². The predicted molar refractivity (Wildman–Crippen MR) is 201 cm³/mol. The van der Waals surface area contributed by atoms with Gasteiger partial charge in [0, 0.05) is 99.7 Å². The average Bonchev–Trinajstić information content (AvgIpc) is 3.68. The lowest BCUT2D eigenvalue weighted by atomic mass is 9.53. The van der Waals surface area contributed by atoms with Crippen molar-refractivity contribution in [2.45, 2.75) is 69.7 Å². The number of methoxy groups -OCH3 is 1. The Kier molecular flexibility index (Phi) is 7.65. The van der Waals surface area contributed by atoms with Crippen LogP contribution in [0.25, 0.3) is 22.2 Å². The van der Waals surface area contributed by atoms with Gasteiger partial charge in [-0.15, -0.1) is 0 Å². The molecule has 3 saturated carbocycles. The van der Waals surface area contributed by atoms with Gasteiger partial charge in [0.1, 0.15) is 5.75 Å². The van der Waals surface area contributed by atoms with Crippen LogP contribution >= 0.6 is 0 Å². The Morgan fingerprint density at radius 3 is 2.17 bits per heavy atom. The Labute approximate surface area is 311 Å². The molecule has 2 unspecified atom stereocenters. The number of amides is 4. The average molecular weight is 743 g/mol. The zero-order chi connectivity index (χ0) is 37.2.